The molecule has 0 aliphatic rings. The summed E-state index contributed by atoms with van der Waals surface area (Å²) in [6.45, 7) is 1.77. The lowest BCUT2D eigenvalue weighted by molar-refractivity contribution is -0.111. The molecule has 0 saturated carbocycles. The van der Waals surface area contributed by atoms with Crippen molar-refractivity contribution in [2.75, 3.05) is 11.6 Å². The maximum Gasteiger partial charge on any atom is 0.274 e. The van der Waals surface area contributed by atoms with Gasteiger partial charge in [-0.1, -0.05) is 36.4 Å². The van der Waals surface area contributed by atoms with Crippen molar-refractivity contribution in [1.82, 2.24) is 20.2 Å². The van der Waals surface area contributed by atoms with E-state index in [-0.39, 0.29) is 10.6 Å². The molecule has 0 aliphatic heterocycles. The molecule has 162 valence electrons. The van der Waals surface area contributed by atoms with Gasteiger partial charge in [0.25, 0.3) is 5.91 Å². The van der Waals surface area contributed by atoms with Gasteiger partial charge in [-0.05, 0) is 47.2 Å². The fourth-order valence-electron chi connectivity index (χ4n) is 3.00. The molecule has 0 bridgehead atoms. The molecule has 2 heterocycles. The van der Waals surface area contributed by atoms with Crippen LogP contribution in [0.1, 0.15) is 11.3 Å². The van der Waals surface area contributed by atoms with Gasteiger partial charge >= 0.3 is 0 Å². The summed E-state index contributed by atoms with van der Waals surface area (Å²) >= 11 is 0. The number of furan rings is 1. The maximum absolute atomic E-state index is 13.3. The van der Waals surface area contributed by atoms with Gasteiger partial charge in [-0.15, -0.1) is 5.10 Å². The zero-order valence-electron chi connectivity index (χ0n) is 17.3. The van der Waals surface area contributed by atoms with E-state index in [1.807, 2.05) is 30.3 Å². The standard InChI is InChI=1S/C22H19N5O4S/c1-15-10-11-18(32(2,29)30)14-19(15)23-22(28)20(13-17-9-6-12-31-17)27-21(24-25-26-27)16-7-4-3-5-8-16/h3-14H,1-2H3,(H,23,28)/b20-13-. The van der Waals surface area contributed by atoms with Crippen LogP contribution in [0.4, 0.5) is 5.69 Å². The fraction of sp³-hybridized carbons (Fsp3) is 0.0909. The number of sulfone groups is 1. The normalized spacial score (nSPS) is 12.0. The summed E-state index contributed by atoms with van der Waals surface area (Å²) in [6.07, 6.45) is 4.10. The number of benzene rings is 2. The number of tetrazole rings is 1. The second-order valence-corrected chi connectivity index (χ2v) is 9.04. The first-order valence-electron chi connectivity index (χ1n) is 9.54. The summed E-state index contributed by atoms with van der Waals surface area (Å²) in [5.74, 6) is 0.242. The first-order chi connectivity index (χ1) is 15.3. The van der Waals surface area contributed by atoms with E-state index in [2.05, 4.69) is 20.8 Å². The number of rotatable bonds is 6. The molecule has 2 aromatic carbocycles. The van der Waals surface area contributed by atoms with E-state index in [1.165, 1.54) is 29.2 Å². The predicted molar refractivity (Wildman–Crippen MR) is 119 cm³/mol. The van der Waals surface area contributed by atoms with Crippen LogP contribution < -0.4 is 5.32 Å². The molecule has 0 radical (unpaired) electrons. The van der Waals surface area contributed by atoms with Gasteiger partial charge < -0.3 is 9.73 Å². The Kier molecular flexibility index (Phi) is 5.69. The molecule has 0 spiro atoms. The maximum atomic E-state index is 13.3. The largest absolute Gasteiger partial charge is 0.465 e. The number of aryl methyl sites for hydroxylation is 1. The van der Waals surface area contributed by atoms with Gasteiger partial charge in [0.2, 0.25) is 0 Å². The van der Waals surface area contributed by atoms with Crippen molar-refractivity contribution < 1.29 is 17.6 Å². The lowest BCUT2D eigenvalue weighted by atomic mass is 10.2. The van der Waals surface area contributed by atoms with E-state index in [0.29, 0.717) is 28.4 Å². The molecular weight excluding hydrogens is 430 g/mol. The van der Waals surface area contributed by atoms with Crippen molar-refractivity contribution in [3.8, 4) is 11.4 Å². The van der Waals surface area contributed by atoms with Gasteiger partial charge in [0.15, 0.2) is 15.7 Å². The van der Waals surface area contributed by atoms with Crippen LogP contribution in [0.25, 0.3) is 23.2 Å². The zero-order chi connectivity index (χ0) is 22.7. The molecule has 32 heavy (non-hydrogen) atoms. The van der Waals surface area contributed by atoms with E-state index < -0.39 is 15.7 Å². The summed E-state index contributed by atoms with van der Waals surface area (Å²) < 4.78 is 30.6. The lowest BCUT2D eigenvalue weighted by Gasteiger charge is -2.13. The van der Waals surface area contributed by atoms with Crippen LogP contribution in [0.15, 0.2) is 76.2 Å². The van der Waals surface area contributed by atoms with Crippen LogP contribution in [0, 0.1) is 6.92 Å². The molecule has 4 rings (SSSR count). The summed E-state index contributed by atoms with van der Waals surface area (Å²) in [7, 11) is -3.44. The van der Waals surface area contributed by atoms with Crippen molar-refractivity contribution in [2.24, 2.45) is 0 Å². The molecule has 0 fully saturated rings. The van der Waals surface area contributed by atoms with Crippen LogP contribution in [0.2, 0.25) is 0 Å². The van der Waals surface area contributed by atoms with Gasteiger partial charge in [0.1, 0.15) is 11.5 Å². The molecular formula is C22H19N5O4S. The predicted octanol–water partition coefficient (Wildman–Crippen LogP) is 3.28. The van der Waals surface area contributed by atoms with Gasteiger partial charge in [-0.25, -0.2) is 8.42 Å². The molecule has 1 N–H and O–H groups in total. The highest BCUT2D eigenvalue weighted by Gasteiger charge is 2.21. The molecule has 0 aliphatic carbocycles. The third kappa shape index (κ3) is 4.49. The number of hydrogen-bond donors (Lipinski definition) is 1. The van der Waals surface area contributed by atoms with Crippen molar-refractivity contribution >= 4 is 33.2 Å². The Balaban J connectivity index is 1.77. The van der Waals surface area contributed by atoms with Gasteiger partial charge in [-0.2, -0.15) is 4.68 Å². The third-order valence-corrected chi connectivity index (χ3v) is 5.78. The Morgan fingerprint density at radius 3 is 2.56 bits per heavy atom. The van der Waals surface area contributed by atoms with Crippen LogP contribution in [0.5, 0.6) is 0 Å². The van der Waals surface area contributed by atoms with Gasteiger partial charge in [-0.3, -0.25) is 4.79 Å². The number of carbonyl (C=O) groups excluding carboxylic acids is 1. The van der Waals surface area contributed by atoms with Crippen molar-refractivity contribution in [3.05, 3.63) is 78.3 Å². The Morgan fingerprint density at radius 2 is 1.88 bits per heavy atom. The van der Waals surface area contributed by atoms with Crippen LogP contribution in [-0.4, -0.2) is 40.8 Å². The highest BCUT2D eigenvalue weighted by molar-refractivity contribution is 7.90. The quantitative estimate of drug-likeness (QED) is 0.449. The molecule has 0 saturated heterocycles. The SMILES string of the molecule is Cc1ccc(S(C)(=O)=O)cc1NC(=O)/C(=C/c1ccco1)n1nnnc1-c1ccccc1. The average Bonchev–Trinajstić information content (AvgIpc) is 3.45. The number of anilines is 1. The fourth-order valence-corrected chi connectivity index (χ4v) is 3.65. The minimum absolute atomic E-state index is 0.0907. The second-order valence-electron chi connectivity index (χ2n) is 7.03. The highest BCUT2D eigenvalue weighted by atomic mass is 32.2. The van der Waals surface area contributed by atoms with Crippen LogP contribution >= 0.6 is 0 Å². The topological polar surface area (TPSA) is 120 Å². The zero-order valence-corrected chi connectivity index (χ0v) is 18.1. The Hall–Kier alpha value is -4.05. The smallest absolute Gasteiger partial charge is 0.274 e. The van der Waals surface area contributed by atoms with Gasteiger partial charge in [0.05, 0.1) is 11.2 Å². The number of nitrogens with one attached hydrogen (secondary N) is 1. The average molecular weight is 449 g/mol. The van der Waals surface area contributed by atoms with Crippen molar-refractivity contribution in [3.63, 3.8) is 0 Å². The van der Waals surface area contributed by atoms with Crippen molar-refractivity contribution in [1.29, 1.82) is 0 Å². The molecule has 10 heteroatoms. The molecule has 2 aromatic heterocycles. The number of carbonyl (C=O) groups is 1. The highest BCUT2D eigenvalue weighted by Crippen LogP contribution is 2.24. The molecule has 0 atom stereocenters. The lowest BCUT2D eigenvalue weighted by Crippen LogP contribution is -2.20. The van der Waals surface area contributed by atoms with E-state index in [1.54, 1.807) is 25.1 Å². The van der Waals surface area contributed by atoms with Gasteiger partial charge in [0, 0.05) is 23.6 Å². The first kappa shape index (κ1) is 21.2. The monoisotopic (exact) mass is 449 g/mol. The summed E-state index contributed by atoms with van der Waals surface area (Å²) in [5, 5.41) is 14.6. The summed E-state index contributed by atoms with van der Waals surface area (Å²) in [6, 6.07) is 17.1. The number of aromatic nitrogens is 4. The van der Waals surface area contributed by atoms with E-state index in [0.717, 1.165) is 6.26 Å². The number of amides is 1. The third-order valence-electron chi connectivity index (χ3n) is 4.67. The molecule has 1 amide bonds. The van der Waals surface area contributed by atoms with E-state index in [9.17, 15) is 13.2 Å². The van der Waals surface area contributed by atoms with Crippen LogP contribution in [-0.2, 0) is 14.6 Å². The van der Waals surface area contributed by atoms with E-state index >= 15 is 0 Å². The molecule has 4 aromatic rings. The van der Waals surface area contributed by atoms with Crippen molar-refractivity contribution in [2.45, 2.75) is 11.8 Å². The number of hydrogen-bond acceptors (Lipinski definition) is 7. The Labute approximate surface area is 184 Å². The second kappa shape index (κ2) is 8.60. The molecule has 0 unspecified atom stereocenters. The summed E-state index contributed by atoms with van der Waals surface area (Å²) in [4.78, 5) is 13.4. The van der Waals surface area contributed by atoms with Crippen LogP contribution in [0.3, 0.4) is 0 Å². The summed E-state index contributed by atoms with van der Waals surface area (Å²) in [5.41, 5.74) is 1.86. The first-order valence-corrected chi connectivity index (χ1v) is 11.4. The minimum atomic E-state index is -3.44. The Morgan fingerprint density at radius 1 is 1.09 bits per heavy atom. The molecule has 9 nitrogen and oxygen atoms in total. The minimum Gasteiger partial charge on any atom is -0.465 e. The number of nitrogens with zero attached hydrogens (tertiary/aromatic N) is 4. The van der Waals surface area contributed by atoms with E-state index in [4.69, 9.17) is 4.42 Å². The Bertz CT molecular complexity index is 1390.